The van der Waals surface area contributed by atoms with E-state index in [1.54, 1.807) is 12.1 Å². The quantitative estimate of drug-likeness (QED) is 0.497. The average molecular weight is 299 g/mol. The molecule has 6 nitrogen and oxygen atoms in total. The fraction of sp³-hybridized carbons (Fsp3) is 0.538. The van der Waals surface area contributed by atoms with Gasteiger partial charge in [0.15, 0.2) is 0 Å². The largest absolute Gasteiger partial charge is 0.469 e. The number of esters is 1. The summed E-state index contributed by atoms with van der Waals surface area (Å²) in [6.45, 7) is 2.32. The normalized spacial score (nSPS) is 16.9. The van der Waals surface area contributed by atoms with Crippen molar-refractivity contribution in [1.29, 1.82) is 0 Å². The van der Waals surface area contributed by atoms with Gasteiger partial charge in [-0.05, 0) is 38.1 Å². The van der Waals surface area contributed by atoms with Crippen molar-refractivity contribution in [2.75, 3.05) is 25.6 Å². The van der Waals surface area contributed by atoms with Crippen molar-refractivity contribution in [3.8, 4) is 0 Å². The van der Waals surface area contributed by atoms with Crippen LogP contribution in [0.1, 0.15) is 18.5 Å². The Kier molecular flexibility index (Phi) is 5.17. The second-order valence-corrected chi connectivity index (χ2v) is 5.25. The molecule has 0 amide bonds. The number of hydrogen-bond acceptors (Lipinski definition) is 6. The molecule has 110 valence electrons. The highest BCUT2D eigenvalue weighted by Crippen LogP contribution is 2.23. The fourth-order valence-electron chi connectivity index (χ4n) is 2.38. The molecule has 0 bridgehead atoms. The van der Waals surface area contributed by atoms with Gasteiger partial charge >= 0.3 is 5.97 Å². The first kappa shape index (κ1) is 15.0. The molecule has 1 aromatic rings. The van der Waals surface area contributed by atoms with E-state index in [0.29, 0.717) is 17.4 Å². The number of pyridine rings is 1. The lowest BCUT2D eigenvalue weighted by Crippen LogP contribution is -2.36. The van der Waals surface area contributed by atoms with E-state index in [9.17, 15) is 4.79 Å². The molecule has 20 heavy (non-hydrogen) atoms. The standard InChI is InChI=1S/C13H19ClN4O2/c1-20-13(19)9-4-6-18(7-5-9)8-11-10(14)2-3-12(16-11)17-15/h2-3,9H,4-8,15H2,1H3,(H,16,17). The first-order chi connectivity index (χ1) is 9.63. The number of hydrazine groups is 1. The van der Waals surface area contributed by atoms with E-state index in [-0.39, 0.29) is 11.9 Å². The summed E-state index contributed by atoms with van der Waals surface area (Å²) in [5.41, 5.74) is 3.30. The number of hydrogen-bond donors (Lipinski definition) is 2. The van der Waals surface area contributed by atoms with Crippen molar-refractivity contribution in [2.45, 2.75) is 19.4 Å². The summed E-state index contributed by atoms with van der Waals surface area (Å²) in [5.74, 6) is 5.83. The molecule has 0 spiro atoms. The molecule has 1 aromatic heterocycles. The SMILES string of the molecule is COC(=O)C1CCN(Cc2nc(NN)ccc2Cl)CC1. The van der Waals surface area contributed by atoms with Crippen LogP contribution in [0.5, 0.6) is 0 Å². The van der Waals surface area contributed by atoms with Gasteiger partial charge in [0.2, 0.25) is 0 Å². The molecule has 0 aliphatic carbocycles. The minimum absolute atomic E-state index is 0.0109. The summed E-state index contributed by atoms with van der Waals surface area (Å²) >= 11 is 6.14. The van der Waals surface area contributed by atoms with Crippen LogP contribution in [0.2, 0.25) is 5.02 Å². The highest BCUT2D eigenvalue weighted by atomic mass is 35.5. The second kappa shape index (κ2) is 6.88. The Morgan fingerprint density at radius 1 is 1.55 bits per heavy atom. The number of nitrogens with two attached hydrogens (primary N) is 1. The van der Waals surface area contributed by atoms with Crippen LogP contribution in [0.25, 0.3) is 0 Å². The molecule has 0 unspecified atom stereocenters. The van der Waals surface area contributed by atoms with Crippen molar-refractivity contribution < 1.29 is 9.53 Å². The van der Waals surface area contributed by atoms with Gasteiger partial charge in [0.05, 0.1) is 23.7 Å². The van der Waals surface area contributed by atoms with Gasteiger partial charge in [-0.15, -0.1) is 0 Å². The lowest BCUT2D eigenvalue weighted by Gasteiger charge is -2.30. The number of piperidine rings is 1. The van der Waals surface area contributed by atoms with Crippen molar-refractivity contribution in [2.24, 2.45) is 11.8 Å². The molecule has 1 saturated heterocycles. The fourth-order valence-corrected chi connectivity index (χ4v) is 2.55. The first-order valence-electron chi connectivity index (χ1n) is 6.56. The lowest BCUT2D eigenvalue weighted by atomic mass is 9.97. The van der Waals surface area contributed by atoms with E-state index < -0.39 is 0 Å². The number of carbonyl (C=O) groups excluding carboxylic acids is 1. The van der Waals surface area contributed by atoms with Crippen molar-refractivity contribution in [3.05, 3.63) is 22.8 Å². The number of methoxy groups -OCH3 is 1. The van der Waals surface area contributed by atoms with E-state index in [2.05, 4.69) is 15.3 Å². The zero-order valence-electron chi connectivity index (χ0n) is 11.4. The maximum Gasteiger partial charge on any atom is 0.308 e. The zero-order valence-corrected chi connectivity index (χ0v) is 12.2. The van der Waals surface area contributed by atoms with Crippen LogP contribution in [0.15, 0.2) is 12.1 Å². The number of ether oxygens (including phenoxy) is 1. The number of aromatic nitrogens is 1. The Hall–Kier alpha value is -1.37. The Bertz CT molecular complexity index is 475. The summed E-state index contributed by atoms with van der Waals surface area (Å²) < 4.78 is 4.78. The molecule has 0 radical (unpaired) electrons. The number of nitrogen functional groups attached to an aromatic ring is 1. The molecule has 0 aromatic carbocycles. The summed E-state index contributed by atoms with van der Waals surface area (Å²) in [6.07, 6.45) is 1.61. The van der Waals surface area contributed by atoms with Crippen molar-refractivity contribution in [1.82, 2.24) is 9.88 Å². The maximum absolute atomic E-state index is 11.5. The number of rotatable bonds is 4. The van der Waals surface area contributed by atoms with Gasteiger partial charge in [-0.2, -0.15) is 0 Å². The van der Waals surface area contributed by atoms with Crippen LogP contribution in [-0.2, 0) is 16.1 Å². The maximum atomic E-state index is 11.5. The number of halogens is 1. The van der Waals surface area contributed by atoms with E-state index >= 15 is 0 Å². The monoisotopic (exact) mass is 298 g/mol. The topological polar surface area (TPSA) is 80.5 Å². The van der Waals surface area contributed by atoms with Gasteiger partial charge in [0.25, 0.3) is 0 Å². The second-order valence-electron chi connectivity index (χ2n) is 4.84. The molecule has 2 rings (SSSR count). The van der Waals surface area contributed by atoms with Gasteiger partial charge in [0, 0.05) is 6.54 Å². The Labute approximate surface area is 123 Å². The lowest BCUT2D eigenvalue weighted by molar-refractivity contribution is -0.147. The third kappa shape index (κ3) is 3.59. The molecule has 1 fully saturated rings. The van der Waals surface area contributed by atoms with Crippen molar-refractivity contribution >= 4 is 23.4 Å². The average Bonchev–Trinajstić information content (AvgIpc) is 2.49. The van der Waals surface area contributed by atoms with Crippen LogP contribution in [0.4, 0.5) is 5.82 Å². The van der Waals surface area contributed by atoms with Crippen LogP contribution in [0.3, 0.4) is 0 Å². The molecule has 0 atom stereocenters. The Morgan fingerprint density at radius 2 is 2.25 bits per heavy atom. The molecular weight excluding hydrogens is 280 g/mol. The molecular formula is C13H19ClN4O2. The summed E-state index contributed by atoms with van der Waals surface area (Å²) in [5, 5.41) is 0.624. The minimum atomic E-state index is -0.116. The smallest absolute Gasteiger partial charge is 0.308 e. The van der Waals surface area contributed by atoms with Gasteiger partial charge in [-0.25, -0.2) is 10.8 Å². The van der Waals surface area contributed by atoms with Crippen LogP contribution in [-0.4, -0.2) is 36.1 Å². The van der Waals surface area contributed by atoms with Gasteiger partial charge in [-0.1, -0.05) is 11.6 Å². The zero-order chi connectivity index (χ0) is 14.5. The summed E-state index contributed by atoms with van der Waals surface area (Å²) in [4.78, 5) is 18.1. The number of anilines is 1. The third-order valence-electron chi connectivity index (χ3n) is 3.56. The number of nitrogens with one attached hydrogen (secondary N) is 1. The Balaban J connectivity index is 1.94. The highest BCUT2D eigenvalue weighted by Gasteiger charge is 2.26. The molecule has 7 heteroatoms. The molecule has 1 aliphatic rings. The molecule has 2 heterocycles. The van der Waals surface area contributed by atoms with E-state index in [1.165, 1.54) is 7.11 Å². The predicted octanol–water partition coefficient (Wildman–Crippen LogP) is 1.41. The molecule has 0 saturated carbocycles. The van der Waals surface area contributed by atoms with E-state index in [4.69, 9.17) is 22.2 Å². The van der Waals surface area contributed by atoms with Crippen LogP contribution < -0.4 is 11.3 Å². The van der Waals surface area contributed by atoms with Crippen LogP contribution >= 0.6 is 11.6 Å². The van der Waals surface area contributed by atoms with E-state index in [0.717, 1.165) is 31.6 Å². The number of carbonyl (C=O) groups is 1. The van der Waals surface area contributed by atoms with Gasteiger partial charge in [-0.3, -0.25) is 9.69 Å². The first-order valence-corrected chi connectivity index (χ1v) is 6.94. The highest BCUT2D eigenvalue weighted by molar-refractivity contribution is 6.31. The van der Waals surface area contributed by atoms with Crippen LogP contribution in [0, 0.1) is 5.92 Å². The van der Waals surface area contributed by atoms with Gasteiger partial charge < -0.3 is 10.2 Å². The van der Waals surface area contributed by atoms with Crippen molar-refractivity contribution in [3.63, 3.8) is 0 Å². The predicted molar refractivity (Wildman–Crippen MR) is 77.1 cm³/mol. The molecule has 3 N–H and O–H groups in total. The molecule has 1 aliphatic heterocycles. The summed E-state index contributed by atoms with van der Waals surface area (Å²) in [6, 6.07) is 3.51. The Morgan fingerprint density at radius 3 is 2.85 bits per heavy atom. The number of likely N-dealkylation sites (tertiary alicyclic amines) is 1. The van der Waals surface area contributed by atoms with E-state index in [1.807, 2.05) is 0 Å². The number of nitrogens with zero attached hydrogens (tertiary/aromatic N) is 2. The minimum Gasteiger partial charge on any atom is -0.469 e. The van der Waals surface area contributed by atoms with Gasteiger partial charge in [0.1, 0.15) is 5.82 Å². The third-order valence-corrected chi connectivity index (χ3v) is 3.91. The summed E-state index contributed by atoms with van der Waals surface area (Å²) in [7, 11) is 1.43.